The minimum absolute atomic E-state index is 0.220. The van der Waals surface area contributed by atoms with Crippen LogP contribution in [0.5, 0.6) is 0 Å². The smallest absolute Gasteiger partial charge is 0.336 e. The Morgan fingerprint density at radius 3 is 2.57 bits per heavy atom. The zero-order valence-electron chi connectivity index (χ0n) is 12.7. The van der Waals surface area contributed by atoms with Gasteiger partial charge in [-0.15, -0.1) is 0 Å². The van der Waals surface area contributed by atoms with E-state index in [1.54, 1.807) is 13.0 Å². The minimum Gasteiger partial charge on any atom is -0.478 e. The highest BCUT2D eigenvalue weighted by Crippen LogP contribution is 2.28. The molecule has 0 amide bonds. The zero-order valence-corrected chi connectivity index (χ0v) is 12.7. The Balaban J connectivity index is 2.43. The van der Waals surface area contributed by atoms with Crippen molar-refractivity contribution in [1.29, 1.82) is 0 Å². The molecule has 6 heteroatoms. The molecule has 0 spiro atoms. The van der Waals surface area contributed by atoms with E-state index in [9.17, 15) is 9.90 Å². The third-order valence-electron chi connectivity index (χ3n) is 3.30. The summed E-state index contributed by atoms with van der Waals surface area (Å²) < 4.78 is 5.27. The second kappa shape index (κ2) is 6.05. The molecule has 1 heterocycles. The number of hydrogen-bond donors (Lipinski definition) is 1. The van der Waals surface area contributed by atoms with Crippen molar-refractivity contribution in [2.45, 2.75) is 20.3 Å². The first-order chi connectivity index (χ1) is 9.90. The molecular weight excluding hydrogens is 270 g/mol. The lowest BCUT2D eigenvalue weighted by Crippen LogP contribution is -2.15. The summed E-state index contributed by atoms with van der Waals surface area (Å²) in [5.74, 6) is -0.141. The van der Waals surface area contributed by atoms with Gasteiger partial charge in [-0.25, -0.2) is 4.79 Å². The Bertz CT molecular complexity index is 662. The molecule has 21 heavy (non-hydrogen) atoms. The minimum atomic E-state index is -0.987. The van der Waals surface area contributed by atoms with Crippen molar-refractivity contribution in [2.75, 3.05) is 20.6 Å². The molecule has 0 aliphatic rings. The largest absolute Gasteiger partial charge is 0.478 e. The molecule has 6 nitrogen and oxygen atoms in total. The van der Waals surface area contributed by atoms with Crippen molar-refractivity contribution in [3.8, 4) is 11.5 Å². The maximum absolute atomic E-state index is 11.5. The van der Waals surface area contributed by atoms with Gasteiger partial charge in [0, 0.05) is 13.0 Å². The number of carboxylic acids is 1. The van der Waals surface area contributed by atoms with E-state index in [0.29, 0.717) is 23.4 Å². The fourth-order valence-electron chi connectivity index (χ4n) is 2.14. The van der Waals surface area contributed by atoms with Gasteiger partial charge in [0.1, 0.15) is 0 Å². The number of aryl methyl sites for hydroxylation is 2. The van der Waals surface area contributed by atoms with Crippen LogP contribution in [-0.4, -0.2) is 46.8 Å². The quantitative estimate of drug-likeness (QED) is 0.908. The summed E-state index contributed by atoms with van der Waals surface area (Å²) >= 11 is 0. The lowest BCUT2D eigenvalue weighted by Gasteiger charge is -2.08. The SMILES string of the molecule is Cc1ccc(C)c(-c2nc(CCN(C)C)no2)c1C(=O)O. The van der Waals surface area contributed by atoms with Gasteiger partial charge in [0.2, 0.25) is 0 Å². The standard InChI is InChI=1S/C15H19N3O3/c1-9-5-6-10(2)13(15(19)20)12(9)14-16-11(17-21-14)7-8-18(3)4/h5-6H,7-8H2,1-4H3,(H,19,20). The van der Waals surface area contributed by atoms with E-state index < -0.39 is 5.97 Å². The van der Waals surface area contributed by atoms with Gasteiger partial charge in [-0.1, -0.05) is 17.3 Å². The lowest BCUT2D eigenvalue weighted by molar-refractivity contribution is 0.0696. The van der Waals surface area contributed by atoms with Crippen molar-refractivity contribution >= 4 is 5.97 Å². The number of carboxylic acid groups (broad SMARTS) is 1. The predicted octanol–water partition coefficient (Wildman–Crippen LogP) is 2.16. The Kier molecular flexibility index (Phi) is 4.37. The molecule has 2 rings (SSSR count). The van der Waals surface area contributed by atoms with Gasteiger partial charge < -0.3 is 14.5 Å². The summed E-state index contributed by atoms with van der Waals surface area (Å²) in [5.41, 5.74) is 2.21. The van der Waals surface area contributed by atoms with Crippen LogP contribution in [0.2, 0.25) is 0 Å². The van der Waals surface area contributed by atoms with Crippen LogP contribution < -0.4 is 0 Å². The number of nitrogens with zero attached hydrogens (tertiary/aromatic N) is 3. The van der Waals surface area contributed by atoms with Crippen molar-refractivity contribution in [2.24, 2.45) is 0 Å². The van der Waals surface area contributed by atoms with Gasteiger partial charge in [0.05, 0.1) is 11.1 Å². The molecular formula is C15H19N3O3. The number of rotatable bonds is 5. The second-order valence-electron chi connectivity index (χ2n) is 5.32. The molecule has 0 atom stereocenters. The first-order valence-electron chi connectivity index (χ1n) is 6.71. The van der Waals surface area contributed by atoms with Crippen LogP contribution in [0.4, 0.5) is 0 Å². The molecule has 0 unspecified atom stereocenters. The average Bonchev–Trinajstić information content (AvgIpc) is 2.86. The van der Waals surface area contributed by atoms with Gasteiger partial charge in [-0.3, -0.25) is 0 Å². The fourth-order valence-corrected chi connectivity index (χ4v) is 2.14. The number of carbonyl (C=O) groups is 1. The number of aromatic nitrogens is 2. The fraction of sp³-hybridized carbons (Fsp3) is 0.400. The molecule has 1 N–H and O–H groups in total. The van der Waals surface area contributed by atoms with Gasteiger partial charge in [0.25, 0.3) is 5.89 Å². The highest BCUT2D eigenvalue weighted by molar-refractivity contribution is 5.97. The van der Waals surface area contributed by atoms with Gasteiger partial charge in [0.15, 0.2) is 5.82 Å². The topological polar surface area (TPSA) is 79.5 Å². The van der Waals surface area contributed by atoms with Crippen LogP contribution >= 0.6 is 0 Å². The highest BCUT2D eigenvalue weighted by Gasteiger charge is 2.21. The summed E-state index contributed by atoms with van der Waals surface area (Å²) in [6.07, 6.45) is 0.657. The van der Waals surface area contributed by atoms with Crippen LogP contribution in [0.15, 0.2) is 16.7 Å². The van der Waals surface area contributed by atoms with Crippen LogP contribution in [-0.2, 0) is 6.42 Å². The molecule has 0 radical (unpaired) electrons. The molecule has 0 aliphatic carbocycles. The van der Waals surface area contributed by atoms with Crippen LogP contribution in [0.25, 0.3) is 11.5 Å². The Hall–Kier alpha value is -2.21. The Labute approximate surface area is 123 Å². The van der Waals surface area contributed by atoms with Crippen LogP contribution in [0, 0.1) is 13.8 Å². The molecule has 0 saturated carbocycles. The third kappa shape index (κ3) is 3.28. The average molecular weight is 289 g/mol. The normalized spacial score (nSPS) is 11.1. The van der Waals surface area contributed by atoms with E-state index in [0.717, 1.165) is 12.1 Å². The number of hydrogen-bond acceptors (Lipinski definition) is 5. The molecule has 112 valence electrons. The van der Waals surface area contributed by atoms with Crippen molar-refractivity contribution in [3.05, 3.63) is 34.6 Å². The maximum Gasteiger partial charge on any atom is 0.336 e. The lowest BCUT2D eigenvalue weighted by atomic mass is 9.97. The summed E-state index contributed by atoms with van der Waals surface area (Å²) in [6, 6.07) is 3.65. The number of benzene rings is 1. The number of likely N-dealkylation sites (N-methyl/N-ethyl adjacent to an activating group) is 1. The van der Waals surface area contributed by atoms with Crippen molar-refractivity contribution in [3.63, 3.8) is 0 Å². The van der Waals surface area contributed by atoms with Crippen molar-refractivity contribution in [1.82, 2.24) is 15.0 Å². The number of aromatic carboxylic acids is 1. The van der Waals surface area contributed by atoms with E-state index in [1.165, 1.54) is 0 Å². The molecule has 0 fully saturated rings. The summed E-state index contributed by atoms with van der Waals surface area (Å²) in [5, 5.41) is 13.3. The van der Waals surface area contributed by atoms with E-state index in [2.05, 4.69) is 10.1 Å². The van der Waals surface area contributed by atoms with Gasteiger partial charge >= 0.3 is 5.97 Å². The molecule has 2 aromatic rings. The molecule has 1 aromatic heterocycles. The summed E-state index contributed by atoms with van der Waals surface area (Å²) in [4.78, 5) is 17.8. The molecule has 0 saturated heterocycles. The second-order valence-corrected chi connectivity index (χ2v) is 5.32. The molecule has 1 aromatic carbocycles. The van der Waals surface area contributed by atoms with Crippen LogP contribution in [0.1, 0.15) is 27.3 Å². The maximum atomic E-state index is 11.5. The van der Waals surface area contributed by atoms with Gasteiger partial charge in [-0.05, 0) is 39.1 Å². The van der Waals surface area contributed by atoms with E-state index in [-0.39, 0.29) is 11.5 Å². The molecule has 0 aliphatic heterocycles. The summed E-state index contributed by atoms with van der Waals surface area (Å²) in [7, 11) is 3.93. The third-order valence-corrected chi connectivity index (χ3v) is 3.30. The first kappa shape index (κ1) is 15.2. The highest BCUT2D eigenvalue weighted by atomic mass is 16.5. The van der Waals surface area contributed by atoms with Gasteiger partial charge in [-0.2, -0.15) is 4.98 Å². The van der Waals surface area contributed by atoms with E-state index in [4.69, 9.17) is 4.52 Å². The predicted molar refractivity (Wildman–Crippen MR) is 78.4 cm³/mol. The van der Waals surface area contributed by atoms with Crippen LogP contribution in [0.3, 0.4) is 0 Å². The van der Waals surface area contributed by atoms with E-state index >= 15 is 0 Å². The molecule has 0 bridgehead atoms. The Morgan fingerprint density at radius 1 is 1.29 bits per heavy atom. The van der Waals surface area contributed by atoms with E-state index in [1.807, 2.05) is 32.0 Å². The van der Waals surface area contributed by atoms with Crippen molar-refractivity contribution < 1.29 is 14.4 Å². The first-order valence-corrected chi connectivity index (χ1v) is 6.71. The zero-order chi connectivity index (χ0) is 15.6. The Morgan fingerprint density at radius 2 is 1.95 bits per heavy atom. The summed E-state index contributed by atoms with van der Waals surface area (Å²) in [6.45, 7) is 4.40. The monoisotopic (exact) mass is 289 g/mol.